The van der Waals surface area contributed by atoms with Crippen molar-refractivity contribution in [3.63, 3.8) is 0 Å². The van der Waals surface area contributed by atoms with Gasteiger partial charge in [0.1, 0.15) is 0 Å². The van der Waals surface area contributed by atoms with Gasteiger partial charge in [0.25, 0.3) is 0 Å². The summed E-state index contributed by atoms with van der Waals surface area (Å²) >= 11 is 0. The molecule has 23 heavy (non-hydrogen) atoms. The maximum atomic E-state index is 5.93. The average molecular weight is 309 g/mol. The van der Waals surface area contributed by atoms with Gasteiger partial charge in [-0.05, 0) is 24.5 Å². The lowest BCUT2D eigenvalue weighted by atomic mass is 10.1. The van der Waals surface area contributed by atoms with E-state index in [1.54, 1.807) is 0 Å². The van der Waals surface area contributed by atoms with Crippen LogP contribution in [0.1, 0.15) is 37.8 Å². The first kappa shape index (κ1) is 16.2. The monoisotopic (exact) mass is 309 g/mol. The summed E-state index contributed by atoms with van der Waals surface area (Å²) < 4.78 is 5.93. The first-order valence-electron chi connectivity index (χ1n) is 8.75. The Bertz CT molecular complexity index is 542. The van der Waals surface area contributed by atoms with Gasteiger partial charge >= 0.3 is 0 Å². The van der Waals surface area contributed by atoms with Crippen LogP contribution in [0.2, 0.25) is 0 Å². The fourth-order valence-corrected chi connectivity index (χ4v) is 3.29. The van der Waals surface area contributed by atoms with Crippen molar-refractivity contribution in [2.75, 3.05) is 0 Å². The zero-order valence-electron chi connectivity index (χ0n) is 14.2. The maximum absolute atomic E-state index is 5.93. The van der Waals surface area contributed by atoms with Crippen LogP contribution < -0.4 is 0 Å². The summed E-state index contributed by atoms with van der Waals surface area (Å²) in [4.78, 5) is 2.55. The molecule has 1 heterocycles. The van der Waals surface area contributed by atoms with Crippen LogP contribution in [0.3, 0.4) is 0 Å². The molecule has 2 nitrogen and oxygen atoms in total. The van der Waals surface area contributed by atoms with E-state index in [1.165, 1.54) is 24.0 Å². The highest BCUT2D eigenvalue weighted by Crippen LogP contribution is 2.33. The quantitative estimate of drug-likeness (QED) is 0.660. The Morgan fingerprint density at radius 1 is 0.913 bits per heavy atom. The van der Waals surface area contributed by atoms with Gasteiger partial charge in [-0.1, -0.05) is 74.0 Å². The fraction of sp³-hybridized carbons (Fsp3) is 0.429. The molecule has 0 spiro atoms. The number of epoxide rings is 1. The van der Waals surface area contributed by atoms with Gasteiger partial charge in [0.15, 0.2) is 0 Å². The smallest absolute Gasteiger partial charge is 0.0994 e. The molecule has 1 aliphatic rings. The van der Waals surface area contributed by atoms with Crippen molar-refractivity contribution < 1.29 is 4.74 Å². The van der Waals surface area contributed by atoms with E-state index in [-0.39, 0.29) is 0 Å². The van der Waals surface area contributed by atoms with Crippen LogP contribution >= 0.6 is 0 Å². The number of hydrogen-bond acceptors (Lipinski definition) is 2. The lowest BCUT2D eigenvalue weighted by molar-refractivity contribution is 0.157. The Kier molecular flexibility index (Phi) is 5.47. The molecule has 1 saturated heterocycles. The second kappa shape index (κ2) is 7.76. The van der Waals surface area contributed by atoms with Gasteiger partial charge in [-0.25, -0.2) is 0 Å². The first-order valence-corrected chi connectivity index (χ1v) is 8.75. The van der Waals surface area contributed by atoms with E-state index in [2.05, 4.69) is 79.4 Å². The molecule has 0 amide bonds. The number of ether oxygens (including phenoxy) is 1. The summed E-state index contributed by atoms with van der Waals surface area (Å²) in [5.41, 5.74) is 2.73. The molecule has 0 N–H and O–H groups in total. The minimum absolute atomic E-state index is 0.391. The van der Waals surface area contributed by atoms with Crippen molar-refractivity contribution in [2.24, 2.45) is 0 Å². The maximum Gasteiger partial charge on any atom is 0.0994 e. The third-order valence-electron chi connectivity index (χ3n) is 4.70. The fourth-order valence-electron chi connectivity index (χ4n) is 3.29. The van der Waals surface area contributed by atoms with Gasteiger partial charge in [0, 0.05) is 19.1 Å². The van der Waals surface area contributed by atoms with Crippen molar-refractivity contribution in [3.05, 3.63) is 71.8 Å². The third kappa shape index (κ3) is 4.43. The lowest BCUT2D eigenvalue weighted by Crippen LogP contribution is -2.36. The summed E-state index contributed by atoms with van der Waals surface area (Å²) in [6.45, 7) is 6.48. The topological polar surface area (TPSA) is 15.8 Å². The summed E-state index contributed by atoms with van der Waals surface area (Å²) in [5, 5.41) is 0. The van der Waals surface area contributed by atoms with E-state index in [0.29, 0.717) is 18.2 Å². The molecular formula is C21H27NO. The van der Waals surface area contributed by atoms with Crippen LogP contribution in [0.5, 0.6) is 0 Å². The van der Waals surface area contributed by atoms with Crippen molar-refractivity contribution in [3.8, 4) is 0 Å². The molecule has 2 heteroatoms. The van der Waals surface area contributed by atoms with Gasteiger partial charge in [-0.3, -0.25) is 4.90 Å². The second-order valence-electron chi connectivity index (χ2n) is 6.54. The largest absolute Gasteiger partial charge is 0.368 e. The molecule has 0 aromatic heterocycles. The summed E-state index contributed by atoms with van der Waals surface area (Å²) in [6, 6.07) is 21.9. The van der Waals surface area contributed by atoms with Crippen LogP contribution in [-0.2, 0) is 17.8 Å². The molecule has 0 bridgehead atoms. The van der Waals surface area contributed by atoms with E-state index >= 15 is 0 Å². The van der Waals surface area contributed by atoms with Crippen LogP contribution in [0, 0.1) is 0 Å². The first-order chi connectivity index (χ1) is 11.3. The van der Waals surface area contributed by atoms with Gasteiger partial charge in [0.05, 0.1) is 12.2 Å². The van der Waals surface area contributed by atoms with Crippen LogP contribution in [0.4, 0.5) is 0 Å². The molecule has 3 rings (SSSR count). The highest BCUT2D eigenvalue weighted by Gasteiger charge is 2.44. The molecule has 0 aliphatic carbocycles. The predicted octanol–water partition coefficient (Wildman–Crippen LogP) is 4.64. The minimum atomic E-state index is 0.391. The summed E-state index contributed by atoms with van der Waals surface area (Å²) in [7, 11) is 0. The molecule has 2 aromatic rings. The Morgan fingerprint density at radius 2 is 1.43 bits per heavy atom. The van der Waals surface area contributed by atoms with E-state index < -0.39 is 0 Å². The van der Waals surface area contributed by atoms with Gasteiger partial charge in [-0.15, -0.1) is 0 Å². The van der Waals surface area contributed by atoms with E-state index in [4.69, 9.17) is 4.74 Å². The number of rotatable bonds is 8. The van der Waals surface area contributed by atoms with Gasteiger partial charge in [-0.2, -0.15) is 0 Å². The van der Waals surface area contributed by atoms with Crippen LogP contribution in [0.15, 0.2) is 60.7 Å². The normalized spacial score (nSPS) is 21.3. The van der Waals surface area contributed by atoms with Crippen molar-refractivity contribution in [2.45, 2.75) is 58.0 Å². The highest BCUT2D eigenvalue weighted by atomic mass is 16.6. The lowest BCUT2D eigenvalue weighted by Gasteiger charge is -2.28. The predicted molar refractivity (Wildman–Crippen MR) is 95.2 cm³/mol. The molecule has 2 aromatic carbocycles. The standard InChI is InChI=1S/C21H27NO/c1-3-10-20-21(23-20)17(2)22(15-18-11-6-4-7-12-18)16-19-13-8-5-9-14-19/h4-9,11-14,17,20-21H,3,10,15-16H2,1-2H3/t17-,20+,21+/m0/s1. The molecule has 0 radical (unpaired) electrons. The second-order valence-corrected chi connectivity index (χ2v) is 6.54. The van der Waals surface area contributed by atoms with Crippen molar-refractivity contribution in [1.82, 2.24) is 4.90 Å². The zero-order valence-corrected chi connectivity index (χ0v) is 14.2. The Hall–Kier alpha value is -1.64. The van der Waals surface area contributed by atoms with Gasteiger partial charge in [0.2, 0.25) is 0 Å². The molecule has 1 fully saturated rings. The van der Waals surface area contributed by atoms with Gasteiger partial charge < -0.3 is 4.74 Å². The Morgan fingerprint density at radius 3 is 1.91 bits per heavy atom. The van der Waals surface area contributed by atoms with Crippen molar-refractivity contribution in [1.29, 1.82) is 0 Å². The van der Waals surface area contributed by atoms with E-state index in [0.717, 1.165) is 13.1 Å². The Labute approximate surface area is 140 Å². The highest BCUT2D eigenvalue weighted by molar-refractivity contribution is 5.17. The minimum Gasteiger partial charge on any atom is -0.368 e. The SMILES string of the molecule is CCC[C@H]1O[C@@H]1[C@H](C)N(Cc1ccccc1)Cc1ccccc1. The van der Waals surface area contributed by atoms with E-state index in [1.807, 2.05) is 0 Å². The zero-order chi connectivity index (χ0) is 16.1. The summed E-state index contributed by atoms with van der Waals surface area (Å²) in [5.74, 6) is 0. The van der Waals surface area contributed by atoms with E-state index in [9.17, 15) is 0 Å². The number of benzene rings is 2. The third-order valence-corrected chi connectivity index (χ3v) is 4.70. The Balaban J connectivity index is 1.70. The molecule has 3 atom stereocenters. The average Bonchev–Trinajstić information content (AvgIpc) is 3.35. The molecular weight excluding hydrogens is 282 g/mol. The molecule has 1 aliphatic heterocycles. The van der Waals surface area contributed by atoms with Crippen molar-refractivity contribution >= 4 is 0 Å². The molecule has 0 unspecified atom stereocenters. The molecule has 122 valence electrons. The summed E-state index contributed by atoms with van der Waals surface area (Å²) in [6.07, 6.45) is 3.23. The van der Waals surface area contributed by atoms with Crippen LogP contribution in [-0.4, -0.2) is 23.1 Å². The number of nitrogens with zero attached hydrogens (tertiary/aromatic N) is 1. The molecule has 0 saturated carbocycles. The van der Waals surface area contributed by atoms with Crippen LogP contribution in [0.25, 0.3) is 0 Å². The number of hydrogen-bond donors (Lipinski definition) is 0.